The van der Waals surface area contributed by atoms with Gasteiger partial charge in [0, 0.05) is 0 Å². The van der Waals surface area contributed by atoms with Crippen LogP contribution >= 0.6 is 0 Å². The summed E-state index contributed by atoms with van der Waals surface area (Å²) >= 11 is 0. The van der Waals surface area contributed by atoms with E-state index in [4.69, 9.17) is 9.84 Å². The molecule has 0 fully saturated rings. The third-order valence-electron chi connectivity index (χ3n) is 2.81. The molecule has 0 unspecified atom stereocenters. The van der Waals surface area contributed by atoms with E-state index in [1.807, 2.05) is 0 Å². The van der Waals surface area contributed by atoms with E-state index in [1.165, 1.54) is 44.9 Å². The standard InChI is InChI=1S/C14H26O4.Li.Na.2H/c1-2-3-4-5-6-7-8-9-10-11-18-14(17)12-13(15)16;;;;/h2-12H2,1H3,(H,15,16);;;;/q;2*+1;2*-1. The van der Waals surface area contributed by atoms with Crippen LogP contribution in [0, 0.1) is 0 Å². The first-order chi connectivity index (χ1) is 8.66. The minimum absolute atomic E-state index is 0. The Morgan fingerprint density at radius 3 is 1.85 bits per heavy atom. The van der Waals surface area contributed by atoms with Crippen molar-refractivity contribution in [1.29, 1.82) is 0 Å². The zero-order valence-corrected chi connectivity index (χ0v) is 15.5. The first-order valence-electron chi connectivity index (χ1n) is 7.04. The summed E-state index contributed by atoms with van der Waals surface area (Å²) in [7, 11) is 0. The quantitative estimate of drug-likeness (QED) is 0.191. The molecule has 0 saturated heterocycles. The van der Waals surface area contributed by atoms with Crippen LogP contribution in [0.3, 0.4) is 0 Å². The molecular formula is C14H28LiNaO4. The summed E-state index contributed by atoms with van der Waals surface area (Å²) < 4.78 is 4.79. The molecule has 0 atom stereocenters. The molecule has 0 spiro atoms. The van der Waals surface area contributed by atoms with Gasteiger partial charge in [0.25, 0.3) is 0 Å². The second-order valence-corrected chi connectivity index (χ2v) is 4.62. The minimum Gasteiger partial charge on any atom is -1.00 e. The topological polar surface area (TPSA) is 63.6 Å². The second-order valence-electron chi connectivity index (χ2n) is 4.62. The molecule has 0 saturated carbocycles. The van der Waals surface area contributed by atoms with Crippen LogP contribution in [0.4, 0.5) is 0 Å². The summed E-state index contributed by atoms with van der Waals surface area (Å²) in [5.74, 6) is -1.77. The van der Waals surface area contributed by atoms with Gasteiger partial charge in [-0.05, 0) is 6.42 Å². The molecule has 110 valence electrons. The summed E-state index contributed by atoms with van der Waals surface area (Å²) in [5.41, 5.74) is 0. The molecule has 0 aliphatic carbocycles. The predicted octanol–water partition coefficient (Wildman–Crippen LogP) is -2.23. The largest absolute Gasteiger partial charge is 1.00 e. The number of ether oxygens (including phenoxy) is 1. The minimum atomic E-state index is -1.13. The average Bonchev–Trinajstić information content (AvgIpc) is 2.30. The van der Waals surface area contributed by atoms with E-state index in [-0.39, 0.29) is 51.3 Å². The Balaban J connectivity index is -0.000000241. The first kappa shape index (κ1) is 25.5. The maximum atomic E-state index is 10.9. The molecule has 0 radical (unpaired) electrons. The number of hydrogen-bond acceptors (Lipinski definition) is 3. The van der Waals surface area contributed by atoms with E-state index >= 15 is 0 Å². The molecule has 0 amide bonds. The Hall–Kier alpha value is 0.537. The summed E-state index contributed by atoms with van der Waals surface area (Å²) in [6.07, 6.45) is 10.3. The van der Waals surface area contributed by atoms with Crippen molar-refractivity contribution in [3.63, 3.8) is 0 Å². The van der Waals surface area contributed by atoms with Crippen molar-refractivity contribution >= 4 is 11.9 Å². The van der Waals surface area contributed by atoms with Gasteiger partial charge < -0.3 is 12.7 Å². The van der Waals surface area contributed by atoms with Crippen molar-refractivity contribution in [2.24, 2.45) is 0 Å². The fourth-order valence-electron chi connectivity index (χ4n) is 1.77. The molecule has 6 heteroatoms. The molecule has 0 aromatic heterocycles. The van der Waals surface area contributed by atoms with E-state index in [0.29, 0.717) is 6.61 Å². The van der Waals surface area contributed by atoms with Crippen LogP contribution in [0.2, 0.25) is 0 Å². The molecule has 20 heavy (non-hydrogen) atoms. The molecule has 0 bridgehead atoms. The van der Waals surface area contributed by atoms with Crippen molar-refractivity contribution in [3.8, 4) is 0 Å². The number of carbonyl (C=O) groups excluding carboxylic acids is 1. The number of carbonyl (C=O) groups is 2. The van der Waals surface area contributed by atoms with E-state index in [2.05, 4.69) is 6.92 Å². The van der Waals surface area contributed by atoms with Gasteiger partial charge in [0.05, 0.1) is 6.61 Å². The number of aliphatic carboxylic acids is 1. The SMILES string of the molecule is CCCCCCCCCCCOC(=O)CC(=O)O.[H-].[H-].[Li+].[Na+]. The summed E-state index contributed by atoms with van der Waals surface area (Å²) in [6, 6.07) is 0. The normalized spacial score (nSPS) is 9.25. The van der Waals surface area contributed by atoms with Crippen molar-refractivity contribution < 1.29 is 70.7 Å². The van der Waals surface area contributed by atoms with E-state index < -0.39 is 18.4 Å². The second kappa shape index (κ2) is 19.5. The molecule has 1 N–H and O–H groups in total. The van der Waals surface area contributed by atoms with Gasteiger partial charge in [-0.1, -0.05) is 58.3 Å². The fraction of sp³-hybridized carbons (Fsp3) is 0.857. The zero-order valence-electron chi connectivity index (χ0n) is 15.5. The van der Waals surface area contributed by atoms with Crippen LogP contribution in [-0.4, -0.2) is 23.7 Å². The molecule has 0 aromatic carbocycles. The molecule has 0 aromatic rings. The van der Waals surface area contributed by atoms with E-state index in [1.54, 1.807) is 0 Å². The average molecular weight is 290 g/mol. The van der Waals surface area contributed by atoms with Crippen molar-refractivity contribution in [1.82, 2.24) is 0 Å². The number of rotatable bonds is 12. The molecule has 0 heterocycles. The molecular weight excluding hydrogens is 262 g/mol. The van der Waals surface area contributed by atoms with Gasteiger partial charge in [0.15, 0.2) is 0 Å². The Morgan fingerprint density at radius 1 is 0.950 bits per heavy atom. The summed E-state index contributed by atoms with van der Waals surface area (Å²) in [4.78, 5) is 21.1. The number of carboxylic acids is 1. The van der Waals surface area contributed by atoms with Crippen LogP contribution in [0.25, 0.3) is 0 Å². The smallest absolute Gasteiger partial charge is 1.00 e. The van der Waals surface area contributed by atoms with Crippen molar-refractivity contribution in [2.75, 3.05) is 6.61 Å². The van der Waals surface area contributed by atoms with Crippen molar-refractivity contribution in [3.05, 3.63) is 0 Å². The Morgan fingerprint density at radius 2 is 1.40 bits per heavy atom. The fourth-order valence-corrected chi connectivity index (χ4v) is 1.77. The van der Waals surface area contributed by atoms with Crippen LogP contribution in [0.15, 0.2) is 0 Å². The molecule has 0 rings (SSSR count). The summed E-state index contributed by atoms with van der Waals surface area (Å²) in [5, 5.41) is 8.34. The third-order valence-corrected chi connectivity index (χ3v) is 2.81. The Bertz CT molecular complexity index is 247. The van der Waals surface area contributed by atoms with E-state index in [0.717, 1.165) is 12.8 Å². The zero-order chi connectivity index (χ0) is 13.6. The number of esters is 1. The van der Waals surface area contributed by atoms with Gasteiger partial charge in [0.2, 0.25) is 0 Å². The third kappa shape index (κ3) is 20.8. The molecule has 0 aliphatic rings. The number of hydrogen-bond donors (Lipinski definition) is 1. The van der Waals surface area contributed by atoms with E-state index in [9.17, 15) is 9.59 Å². The van der Waals surface area contributed by atoms with Crippen LogP contribution in [-0.2, 0) is 14.3 Å². The predicted molar refractivity (Wildman–Crippen MR) is 72.7 cm³/mol. The Kier molecular flexibility index (Phi) is 24.9. The van der Waals surface area contributed by atoms with Crippen molar-refractivity contribution in [2.45, 2.75) is 71.1 Å². The van der Waals surface area contributed by atoms with Gasteiger partial charge >= 0.3 is 60.4 Å². The van der Waals surface area contributed by atoms with Crippen LogP contribution in [0.1, 0.15) is 74.0 Å². The number of carboxylic acid groups (broad SMARTS) is 1. The van der Waals surface area contributed by atoms with Crippen LogP contribution in [0.5, 0.6) is 0 Å². The summed E-state index contributed by atoms with van der Waals surface area (Å²) in [6.45, 7) is 2.56. The maximum absolute atomic E-state index is 10.9. The molecule has 4 nitrogen and oxygen atoms in total. The van der Waals surface area contributed by atoms with Crippen LogP contribution < -0.4 is 48.4 Å². The first-order valence-corrected chi connectivity index (χ1v) is 7.04. The monoisotopic (exact) mass is 290 g/mol. The van der Waals surface area contributed by atoms with Gasteiger partial charge in [0.1, 0.15) is 6.42 Å². The van der Waals surface area contributed by atoms with Gasteiger partial charge in [-0.25, -0.2) is 0 Å². The van der Waals surface area contributed by atoms with Gasteiger partial charge in [-0.3, -0.25) is 9.59 Å². The maximum Gasteiger partial charge on any atom is 1.00 e. The number of unbranched alkanes of at least 4 members (excludes halogenated alkanes) is 8. The molecule has 0 aliphatic heterocycles. The Labute approximate surface area is 159 Å². The van der Waals surface area contributed by atoms with Gasteiger partial charge in [-0.2, -0.15) is 0 Å². The van der Waals surface area contributed by atoms with Gasteiger partial charge in [-0.15, -0.1) is 0 Å².